The summed E-state index contributed by atoms with van der Waals surface area (Å²) in [6.07, 6.45) is 2.41. The van der Waals surface area contributed by atoms with Gasteiger partial charge in [0.05, 0.1) is 24.9 Å². The summed E-state index contributed by atoms with van der Waals surface area (Å²) in [4.78, 5) is 25.6. The van der Waals surface area contributed by atoms with Crippen molar-refractivity contribution in [1.29, 1.82) is 0 Å². The number of ketones is 1. The van der Waals surface area contributed by atoms with Gasteiger partial charge >= 0.3 is 5.97 Å². The van der Waals surface area contributed by atoms with Crippen molar-refractivity contribution in [2.75, 3.05) is 7.11 Å². The normalized spacial score (nSPS) is 22.0. The quantitative estimate of drug-likeness (QED) is 0.816. The molecule has 2 aliphatic rings. The van der Waals surface area contributed by atoms with E-state index < -0.39 is 11.9 Å². The highest BCUT2D eigenvalue weighted by atomic mass is 19.1. The van der Waals surface area contributed by atoms with E-state index in [1.165, 1.54) is 25.5 Å². The average Bonchev–Trinajstić information content (AvgIpc) is 3.21. The molecule has 1 aromatic carbocycles. The van der Waals surface area contributed by atoms with Crippen molar-refractivity contribution in [3.8, 4) is 0 Å². The zero-order chi connectivity index (χ0) is 19.8. The largest absolute Gasteiger partial charge is 0.468 e. The molecule has 5 nitrogen and oxygen atoms in total. The summed E-state index contributed by atoms with van der Waals surface area (Å²) >= 11 is 0. The molecular weight excluding hydrogens is 361 g/mol. The van der Waals surface area contributed by atoms with Crippen LogP contribution in [0.2, 0.25) is 0 Å². The molecular formula is C22H20FNO4. The molecule has 6 heteroatoms. The number of rotatable bonds is 3. The number of methoxy groups -OCH3 is 1. The molecule has 28 heavy (non-hydrogen) atoms. The number of ether oxygens (including phenoxy) is 1. The van der Waals surface area contributed by atoms with Crippen LogP contribution in [0.4, 0.5) is 4.39 Å². The fourth-order valence-electron chi connectivity index (χ4n) is 4.13. The summed E-state index contributed by atoms with van der Waals surface area (Å²) in [5, 5.41) is 3.24. The molecule has 2 aromatic rings. The van der Waals surface area contributed by atoms with Crippen molar-refractivity contribution in [3.05, 3.63) is 82.3 Å². The number of hydrogen-bond donors (Lipinski definition) is 1. The molecule has 4 rings (SSSR count). The van der Waals surface area contributed by atoms with Crippen LogP contribution in [0.25, 0.3) is 0 Å². The summed E-state index contributed by atoms with van der Waals surface area (Å²) in [7, 11) is 1.32. The fraction of sp³-hybridized carbons (Fsp3) is 0.273. The molecule has 0 radical (unpaired) electrons. The van der Waals surface area contributed by atoms with Crippen LogP contribution >= 0.6 is 0 Å². The average molecular weight is 381 g/mol. The van der Waals surface area contributed by atoms with Gasteiger partial charge in [0.1, 0.15) is 11.6 Å². The second-order valence-electron chi connectivity index (χ2n) is 7.08. The zero-order valence-electron chi connectivity index (χ0n) is 15.6. The van der Waals surface area contributed by atoms with Gasteiger partial charge in [0.2, 0.25) is 0 Å². The van der Waals surface area contributed by atoms with E-state index in [1.54, 1.807) is 31.2 Å². The number of furan rings is 1. The number of allylic oxidation sites excluding steroid dienone is 3. The molecule has 0 bridgehead atoms. The van der Waals surface area contributed by atoms with E-state index in [-0.39, 0.29) is 23.9 Å². The Morgan fingerprint density at radius 3 is 2.61 bits per heavy atom. The highest BCUT2D eigenvalue weighted by Crippen LogP contribution is 2.45. The molecule has 1 aliphatic carbocycles. The summed E-state index contributed by atoms with van der Waals surface area (Å²) < 4.78 is 23.8. The fourth-order valence-corrected chi connectivity index (χ4v) is 4.13. The standard InChI is InChI=1S/C22H20FNO4/c1-12-19(22(26)27-2)21(18-4-3-9-28-18)20-16(24-12)10-14(11-17(20)25)13-5-7-15(23)8-6-13/h3-9,14,21,24H,10-11H2,1-2H3/t14-,21+/m1/s1. The smallest absolute Gasteiger partial charge is 0.336 e. The van der Waals surface area contributed by atoms with E-state index in [2.05, 4.69) is 5.32 Å². The second-order valence-corrected chi connectivity index (χ2v) is 7.08. The van der Waals surface area contributed by atoms with E-state index in [0.29, 0.717) is 29.0 Å². The molecule has 0 spiro atoms. The molecule has 2 heterocycles. The number of hydrogen-bond acceptors (Lipinski definition) is 5. The van der Waals surface area contributed by atoms with Crippen LogP contribution < -0.4 is 5.32 Å². The lowest BCUT2D eigenvalue weighted by Crippen LogP contribution is -2.35. The molecule has 0 saturated carbocycles. The maximum Gasteiger partial charge on any atom is 0.336 e. The van der Waals surface area contributed by atoms with Crippen molar-refractivity contribution in [2.45, 2.75) is 31.6 Å². The summed E-state index contributed by atoms with van der Waals surface area (Å²) in [6, 6.07) is 9.74. The molecule has 1 N–H and O–H groups in total. The SMILES string of the molecule is COC(=O)C1=C(C)NC2=C(C(=O)C[C@H](c3ccc(F)cc3)C2)[C@H]1c1ccco1. The van der Waals surface area contributed by atoms with Gasteiger partial charge < -0.3 is 14.5 Å². The lowest BCUT2D eigenvalue weighted by atomic mass is 9.73. The predicted octanol–water partition coefficient (Wildman–Crippen LogP) is 3.95. The Labute approximate surface area is 161 Å². The zero-order valence-corrected chi connectivity index (χ0v) is 15.6. The molecule has 0 fully saturated rings. The number of benzene rings is 1. The van der Waals surface area contributed by atoms with Gasteiger partial charge in [-0.3, -0.25) is 4.79 Å². The molecule has 0 unspecified atom stereocenters. The molecule has 2 atom stereocenters. The van der Waals surface area contributed by atoms with Crippen molar-refractivity contribution < 1.29 is 23.1 Å². The van der Waals surface area contributed by atoms with Crippen molar-refractivity contribution >= 4 is 11.8 Å². The van der Waals surface area contributed by atoms with Crippen molar-refractivity contribution in [3.63, 3.8) is 0 Å². The lowest BCUT2D eigenvalue weighted by molar-refractivity contribution is -0.136. The number of esters is 1. The van der Waals surface area contributed by atoms with Gasteiger partial charge in [-0.05, 0) is 49.1 Å². The van der Waals surface area contributed by atoms with Gasteiger partial charge in [-0.25, -0.2) is 9.18 Å². The van der Waals surface area contributed by atoms with Crippen LogP contribution in [0.15, 0.2) is 69.6 Å². The van der Waals surface area contributed by atoms with E-state index in [4.69, 9.17) is 9.15 Å². The van der Waals surface area contributed by atoms with E-state index in [9.17, 15) is 14.0 Å². The highest BCUT2D eigenvalue weighted by Gasteiger charge is 2.42. The Balaban J connectivity index is 1.77. The third kappa shape index (κ3) is 3.05. The predicted molar refractivity (Wildman–Crippen MR) is 99.7 cm³/mol. The number of halogens is 1. The Bertz CT molecular complexity index is 986. The first-order chi connectivity index (χ1) is 13.5. The van der Waals surface area contributed by atoms with E-state index >= 15 is 0 Å². The first-order valence-electron chi connectivity index (χ1n) is 9.10. The number of nitrogens with one attached hydrogen (secondary N) is 1. The molecule has 144 valence electrons. The van der Waals surface area contributed by atoms with Crippen LogP contribution in [0.1, 0.15) is 42.9 Å². The Morgan fingerprint density at radius 1 is 1.21 bits per heavy atom. The molecule has 0 amide bonds. The third-order valence-electron chi connectivity index (χ3n) is 5.40. The molecule has 1 aromatic heterocycles. The highest BCUT2D eigenvalue weighted by molar-refractivity contribution is 6.04. The van der Waals surface area contributed by atoms with Crippen LogP contribution in [0.5, 0.6) is 0 Å². The minimum atomic E-state index is -0.597. The van der Waals surface area contributed by atoms with Gasteiger partial charge in [-0.2, -0.15) is 0 Å². The van der Waals surface area contributed by atoms with Gasteiger partial charge in [0.25, 0.3) is 0 Å². The first kappa shape index (κ1) is 18.2. The van der Waals surface area contributed by atoms with Gasteiger partial charge in [-0.1, -0.05) is 12.1 Å². The summed E-state index contributed by atoms with van der Waals surface area (Å²) in [5.74, 6) is -0.975. The van der Waals surface area contributed by atoms with Crippen LogP contribution in [0, 0.1) is 5.82 Å². The second kappa shape index (κ2) is 7.11. The van der Waals surface area contributed by atoms with Crippen LogP contribution in [-0.2, 0) is 14.3 Å². The topological polar surface area (TPSA) is 68.5 Å². The Kier molecular flexibility index (Phi) is 4.63. The molecule has 0 saturated heterocycles. The Hall–Kier alpha value is -3.15. The number of Topliss-reactive ketones (excluding diaryl/α,β-unsaturated/α-hetero) is 1. The minimum Gasteiger partial charge on any atom is -0.468 e. The number of carbonyl (C=O) groups is 2. The maximum absolute atomic E-state index is 13.3. The van der Waals surface area contributed by atoms with Crippen molar-refractivity contribution in [2.24, 2.45) is 0 Å². The summed E-state index contributed by atoms with van der Waals surface area (Å²) in [5.41, 5.74) is 3.25. The van der Waals surface area contributed by atoms with Crippen molar-refractivity contribution in [1.82, 2.24) is 5.32 Å². The number of carbonyl (C=O) groups excluding carboxylic acids is 2. The van der Waals surface area contributed by atoms with Gasteiger partial charge in [0.15, 0.2) is 5.78 Å². The number of dihydropyridines is 1. The summed E-state index contributed by atoms with van der Waals surface area (Å²) in [6.45, 7) is 1.79. The van der Waals surface area contributed by atoms with Gasteiger partial charge in [0, 0.05) is 23.4 Å². The monoisotopic (exact) mass is 381 g/mol. The lowest BCUT2D eigenvalue weighted by Gasteiger charge is -2.35. The van der Waals surface area contributed by atoms with E-state index in [1.807, 2.05) is 0 Å². The third-order valence-corrected chi connectivity index (χ3v) is 5.40. The van der Waals surface area contributed by atoms with Crippen LogP contribution in [0.3, 0.4) is 0 Å². The Morgan fingerprint density at radius 2 is 1.96 bits per heavy atom. The molecule has 1 aliphatic heterocycles. The van der Waals surface area contributed by atoms with Gasteiger partial charge in [-0.15, -0.1) is 0 Å². The first-order valence-corrected chi connectivity index (χ1v) is 9.10. The minimum absolute atomic E-state index is 0.0518. The van der Waals surface area contributed by atoms with Crippen LogP contribution in [-0.4, -0.2) is 18.9 Å². The van der Waals surface area contributed by atoms with E-state index in [0.717, 1.165) is 11.3 Å². The maximum atomic E-state index is 13.3.